The number of anilines is 1. The van der Waals surface area contributed by atoms with Crippen LogP contribution in [-0.4, -0.2) is 65.3 Å². The number of likely N-dealkylation sites (tertiary alicyclic amines) is 1. The zero-order chi connectivity index (χ0) is 17.3. The van der Waals surface area contributed by atoms with Crippen molar-refractivity contribution in [3.05, 3.63) is 35.5 Å². The number of aliphatic hydroxyl groups is 1. The summed E-state index contributed by atoms with van der Waals surface area (Å²) >= 11 is 6.17. The molecular weight excluding hydrogens is 328 g/mol. The highest BCUT2D eigenvalue weighted by Gasteiger charge is 2.35. The van der Waals surface area contributed by atoms with E-state index in [2.05, 4.69) is 15.2 Å². The fourth-order valence-electron chi connectivity index (χ4n) is 3.12. The van der Waals surface area contributed by atoms with Gasteiger partial charge in [0.2, 0.25) is 0 Å². The average molecular weight is 349 g/mol. The molecule has 2 amide bonds. The third-order valence-electron chi connectivity index (χ3n) is 4.56. The zero-order valence-electron chi connectivity index (χ0n) is 13.7. The maximum atomic E-state index is 12.7. The van der Waals surface area contributed by atoms with Gasteiger partial charge in [-0.05, 0) is 44.8 Å². The van der Waals surface area contributed by atoms with E-state index in [1.807, 2.05) is 26.2 Å². The van der Waals surface area contributed by atoms with E-state index < -0.39 is 0 Å². The van der Waals surface area contributed by atoms with Crippen LogP contribution in [0.25, 0.3) is 10.9 Å². The number of halogens is 1. The predicted octanol–water partition coefficient (Wildman–Crippen LogP) is 2.42. The van der Waals surface area contributed by atoms with Gasteiger partial charge in [-0.3, -0.25) is 4.98 Å². The Bertz CT molecular complexity index is 752. The van der Waals surface area contributed by atoms with Gasteiger partial charge in [-0.1, -0.05) is 11.6 Å². The fraction of sp³-hybridized carbons (Fsp3) is 0.412. The van der Waals surface area contributed by atoms with Crippen LogP contribution in [0.4, 0.5) is 10.5 Å². The molecule has 1 aliphatic heterocycles. The molecule has 0 radical (unpaired) electrons. The van der Waals surface area contributed by atoms with Gasteiger partial charge >= 0.3 is 6.03 Å². The van der Waals surface area contributed by atoms with Crippen molar-refractivity contribution in [1.82, 2.24) is 14.8 Å². The summed E-state index contributed by atoms with van der Waals surface area (Å²) in [5.41, 5.74) is 1.32. The second kappa shape index (κ2) is 6.93. The van der Waals surface area contributed by atoms with Crippen molar-refractivity contribution in [1.29, 1.82) is 0 Å². The number of urea groups is 1. The van der Waals surface area contributed by atoms with E-state index in [4.69, 9.17) is 11.6 Å². The number of carbonyl (C=O) groups excluding carboxylic acids is 1. The second-order valence-electron chi connectivity index (χ2n) is 6.27. The lowest BCUT2D eigenvalue weighted by Crippen LogP contribution is -2.41. The van der Waals surface area contributed by atoms with E-state index in [1.54, 1.807) is 23.2 Å². The summed E-state index contributed by atoms with van der Waals surface area (Å²) in [5, 5.41) is 13.9. The van der Waals surface area contributed by atoms with Gasteiger partial charge in [-0.15, -0.1) is 0 Å². The number of hydrogen-bond acceptors (Lipinski definition) is 4. The average Bonchev–Trinajstić information content (AvgIpc) is 3.02. The number of amides is 2. The monoisotopic (exact) mass is 348 g/mol. The Labute approximate surface area is 146 Å². The summed E-state index contributed by atoms with van der Waals surface area (Å²) in [4.78, 5) is 20.8. The van der Waals surface area contributed by atoms with Crippen LogP contribution in [0.5, 0.6) is 0 Å². The van der Waals surface area contributed by atoms with Gasteiger partial charge < -0.3 is 20.2 Å². The van der Waals surface area contributed by atoms with Crippen LogP contribution < -0.4 is 5.32 Å². The molecule has 0 unspecified atom stereocenters. The van der Waals surface area contributed by atoms with E-state index in [9.17, 15) is 9.90 Å². The largest absolute Gasteiger partial charge is 0.394 e. The number of pyridine rings is 1. The van der Waals surface area contributed by atoms with Crippen LogP contribution in [0.3, 0.4) is 0 Å². The molecular formula is C17H21ClN4O2. The van der Waals surface area contributed by atoms with E-state index >= 15 is 0 Å². The molecule has 2 atom stereocenters. The number of hydrogen-bond donors (Lipinski definition) is 2. The third-order valence-corrected chi connectivity index (χ3v) is 4.86. The van der Waals surface area contributed by atoms with Crippen LogP contribution in [0.15, 0.2) is 30.5 Å². The lowest BCUT2D eigenvalue weighted by molar-refractivity contribution is 0.166. The number of rotatable bonds is 3. The molecule has 128 valence electrons. The van der Waals surface area contributed by atoms with Gasteiger partial charge in [-0.2, -0.15) is 0 Å². The van der Waals surface area contributed by atoms with Gasteiger partial charge in [-0.25, -0.2) is 4.79 Å². The molecule has 1 fully saturated rings. The highest BCUT2D eigenvalue weighted by Crippen LogP contribution is 2.29. The smallest absolute Gasteiger partial charge is 0.322 e. The van der Waals surface area contributed by atoms with Crippen molar-refractivity contribution in [2.45, 2.75) is 18.5 Å². The molecule has 1 aromatic carbocycles. The Morgan fingerprint density at radius 3 is 2.96 bits per heavy atom. The van der Waals surface area contributed by atoms with E-state index in [-0.39, 0.29) is 24.7 Å². The Morgan fingerprint density at radius 2 is 2.25 bits per heavy atom. The van der Waals surface area contributed by atoms with E-state index in [0.717, 1.165) is 11.8 Å². The molecule has 3 rings (SSSR count). The minimum Gasteiger partial charge on any atom is -0.394 e. The van der Waals surface area contributed by atoms with Crippen LogP contribution >= 0.6 is 11.6 Å². The van der Waals surface area contributed by atoms with E-state index in [0.29, 0.717) is 22.8 Å². The molecule has 2 N–H and O–H groups in total. The van der Waals surface area contributed by atoms with Gasteiger partial charge in [0.05, 0.1) is 28.9 Å². The van der Waals surface area contributed by atoms with E-state index in [1.165, 1.54) is 0 Å². The number of benzene rings is 1. The van der Waals surface area contributed by atoms with Crippen molar-refractivity contribution in [2.75, 3.05) is 32.6 Å². The molecule has 0 bridgehead atoms. The maximum Gasteiger partial charge on any atom is 0.322 e. The van der Waals surface area contributed by atoms with Crippen LogP contribution in [0.1, 0.15) is 6.42 Å². The lowest BCUT2D eigenvalue weighted by atomic mass is 10.1. The van der Waals surface area contributed by atoms with Crippen molar-refractivity contribution in [3.8, 4) is 0 Å². The zero-order valence-corrected chi connectivity index (χ0v) is 14.5. The van der Waals surface area contributed by atoms with Crippen LogP contribution in [-0.2, 0) is 0 Å². The summed E-state index contributed by atoms with van der Waals surface area (Å²) in [7, 11) is 3.97. The minimum atomic E-state index is -0.217. The number of carbonyl (C=O) groups is 1. The van der Waals surface area contributed by atoms with Crippen molar-refractivity contribution in [2.24, 2.45) is 0 Å². The first kappa shape index (κ1) is 17.0. The molecule has 24 heavy (non-hydrogen) atoms. The molecule has 1 aliphatic rings. The predicted molar refractivity (Wildman–Crippen MR) is 95.4 cm³/mol. The van der Waals surface area contributed by atoms with Gasteiger partial charge in [0.15, 0.2) is 0 Å². The van der Waals surface area contributed by atoms with Crippen molar-refractivity contribution < 1.29 is 9.90 Å². The summed E-state index contributed by atoms with van der Waals surface area (Å²) in [6, 6.07) is 7.04. The number of likely N-dealkylation sites (N-methyl/N-ethyl adjacent to an activating group) is 1. The Balaban J connectivity index is 1.84. The minimum absolute atomic E-state index is 0.0410. The molecule has 2 heterocycles. The fourth-order valence-corrected chi connectivity index (χ4v) is 3.34. The molecule has 7 heteroatoms. The molecule has 1 aromatic heterocycles. The first-order chi connectivity index (χ1) is 11.5. The summed E-state index contributed by atoms with van der Waals surface area (Å²) < 4.78 is 0. The molecule has 2 aromatic rings. The summed E-state index contributed by atoms with van der Waals surface area (Å²) in [6.45, 7) is 0.550. The SMILES string of the molecule is CN(C)[C@@H]1C[C@@H](CO)N(C(=O)Nc2ccc(Cl)c3ncccc23)C1. The number of aliphatic hydroxyl groups excluding tert-OH is 1. The molecule has 0 spiro atoms. The summed E-state index contributed by atoms with van der Waals surface area (Å²) in [6.07, 6.45) is 2.43. The Morgan fingerprint density at radius 1 is 1.46 bits per heavy atom. The lowest BCUT2D eigenvalue weighted by Gasteiger charge is -2.24. The molecule has 0 aliphatic carbocycles. The highest BCUT2D eigenvalue weighted by molar-refractivity contribution is 6.35. The van der Waals surface area contributed by atoms with Crippen molar-refractivity contribution in [3.63, 3.8) is 0 Å². The van der Waals surface area contributed by atoms with Crippen LogP contribution in [0.2, 0.25) is 5.02 Å². The molecule has 0 saturated carbocycles. The standard InChI is InChI=1S/C17H21ClN4O2/c1-21(2)11-8-12(10-23)22(9-11)17(24)20-15-6-5-14(18)16-13(15)4-3-7-19-16/h3-7,11-12,23H,8-10H2,1-2H3,(H,20,24)/t11-,12+/m1/s1. The van der Waals surface area contributed by atoms with Gasteiger partial charge in [0, 0.05) is 24.2 Å². The summed E-state index contributed by atoms with van der Waals surface area (Å²) in [5.74, 6) is 0. The number of fused-ring (bicyclic) bond motifs is 1. The second-order valence-corrected chi connectivity index (χ2v) is 6.67. The van der Waals surface area contributed by atoms with Gasteiger partial charge in [0.25, 0.3) is 0 Å². The van der Waals surface area contributed by atoms with Crippen molar-refractivity contribution >= 4 is 34.2 Å². The number of aromatic nitrogens is 1. The van der Waals surface area contributed by atoms with Gasteiger partial charge in [0.1, 0.15) is 0 Å². The first-order valence-electron chi connectivity index (χ1n) is 7.89. The first-order valence-corrected chi connectivity index (χ1v) is 8.27. The Hall–Kier alpha value is -1.89. The van der Waals surface area contributed by atoms with Crippen LogP contribution in [0, 0.1) is 0 Å². The molecule has 1 saturated heterocycles. The third kappa shape index (κ3) is 3.17. The quantitative estimate of drug-likeness (QED) is 0.893. The maximum absolute atomic E-state index is 12.7. The highest BCUT2D eigenvalue weighted by atomic mass is 35.5. The Kier molecular flexibility index (Phi) is 4.89. The molecule has 6 nitrogen and oxygen atoms in total. The number of nitrogens with one attached hydrogen (secondary N) is 1. The number of nitrogens with zero attached hydrogens (tertiary/aromatic N) is 3. The normalized spacial score (nSPS) is 20.8. The topological polar surface area (TPSA) is 68.7 Å².